The number of anilines is 1. The van der Waals surface area contributed by atoms with Gasteiger partial charge in [0.1, 0.15) is 0 Å². The first-order valence-electron chi connectivity index (χ1n) is 7.82. The molecule has 0 aliphatic heterocycles. The maximum absolute atomic E-state index is 12.2. The van der Waals surface area contributed by atoms with Gasteiger partial charge in [-0.1, -0.05) is 12.1 Å². The van der Waals surface area contributed by atoms with Gasteiger partial charge in [-0.15, -0.1) is 0 Å². The molecule has 2 rings (SSSR count). The summed E-state index contributed by atoms with van der Waals surface area (Å²) >= 11 is 0. The summed E-state index contributed by atoms with van der Waals surface area (Å²) in [4.78, 5) is 14.5. The number of nitrogens with one attached hydrogen (secondary N) is 1. The summed E-state index contributed by atoms with van der Waals surface area (Å²) in [5.41, 5.74) is 3.15. The zero-order chi connectivity index (χ0) is 15.2. The summed E-state index contributed by atoms with van der Waals surface area (Å²) < 4.78 is 0. The van der Waals surface area contributed by atoms with Crippen molar-refractivity contribution >= 4 is 11.6 Å². The van der Waals surface area contributed by atoms with E-state index in [1.165, 1.54) is 12.8 Å². The fourth-order valence-corrected chi connectivity index (χ4v) is 2.50. The zero-order valence-electron chi connectivity index (χ0n) is 13.1. The molecule has 1 fully saturated rings. The van der Waals surface area contributed by atoms with Crippen LogP contribution in [0.1, 0.15) is 36.8 Å². The van der Waals surface area contributed by atoms with Crippen molar-refractivity contribution in [2.75, 3.05) is 25.0 Å². The molecule has 2 N–H and O–H groups in total. The van der Waals surface area contributed by atoms with E-state index in [1.54, 1.807) is 0 Å². The summed E-state index contributed by atoms with van der Waals surface area (Å²) in [7, 11) is 0. The van der Waals surface area contributed by atoms with Crippen molar-refractivity contribution in [2.45, 2.75) is 45.6 Å². The molecule has 0 saturated heterocycles. The summed E-state index contributed by atoms with van der Waals surface area (Å²) in [6.07, 6.45) is 4.14. The summed E-state index contributed by atoms with van der Waals surface area (Å²) in [5, 5.41) is 11.9. The molecule has 1 aromatic carbocycles. The molecule has 1 aliphatic rings. The molecular weight excluding hydrogens is 264 g/mol. The normalized spacial score (nSPS) is 14.5. The van der Waals surface area contributed by atoms with E-state index in [0.29, 0.717) is 12.6 Å². The minimum absolute atomic E-state index is 0.0552. The molecule has 0 radical (unpaired) electrons. The Labute approximate surface area is 127 Å². The highest BCUT2D eigenvalue weighted by atomic mass is 16.2. The van der Waals surface area contributed by atoms with Gasteiger partial charge in [0.25, 0.3) is 0 Å². The van der Waals surface area contributed by atoms with Gasteiger partial charge in [0.15, 0.2) is 0 Å². The maximum atomic E-state index is 12.2. The van der Waals surface area contributed by atoms with Gasteiger partial charge in [0.05, 0.1) is 6.54 Å². The van der Waals surface area contributed by atoms with E-state index in [4.69, 9.17) is 5.11 Å². The lowest BCUT2D eigenvalue weighted by molar-refractivity contribution is -0.117. The zero-order valence-corrected chi connectivity index (χ0v) is 13.1. The Morgan fingerprint density at radius 3 is 2.76 bits per heavy atom. The summed E-state index contributed by atoms with van der Waals surface area (Å²) in [6, 6.07) is 6.66. The molecular formula is C17H26N2O2. The number of aliphatic hydroxyl groups excluding tert-OH is 1. The molecule has 0 bridgehead atoms. The Morgan fingerprint density at radius 1 is 1.33 bits per heavy atom. The minimum atomic E-state index is 0.0552. The van der Waals surface area contributed by atoms with Crippen LogP contribution in [0.25, 0.3) is 0 Å². The van der Waals surface area contributed by atoms with Crippen molar-refractivity contribution < 1.29 is 9.90 Å². The van der Waals surface area contributed by atoms with Crippen LogP contribution in [0.5, 0.6) is 0 Å². The van der Waals surface area contributed by atoms with Crippen LogP contribution in [-0.2, 0) is 4.79 Å². The van der Waals surface area contributed by atoms with Crippen molar-refractivity contribution in [3.63, 3.8) is 0 Å². The maximum Gasteiger partial charge on any atom is 0.238 e. The summed E-state index contributed by atoms with van der Waals surface area (Å²) in [6.45, 7) is 5.61. The molecule has 1 aliphatic carbocycles. The third-order valence-electron chi connectivity index (χ3n) is 3.93. The number of amides is 1. The first-order chi connectivity index (χ1) is 10.1. The molecule has 0 unspecified atom stereocenters. The monoisotopic (exact) mass is 290 g/mol. The van der Waals surface area contributed by atoms with E-state index >= 15 is 0 Å². The highest BCUT2D eigenvalue weighted by molar-refractivity contribution is 5.93. The largest absolute Gasteiger partial charge is 0.396 e. The fourth-order valence-electron chi connectivity index (χ4n) is 2.50. The molecule has 1 aromatic rings. The molecule has 0 heterocycles. The van der Waals surface area contributed by atoms with E-state index in [0.717, 1.165) is 36.2 Å². The first-order valence-corrected chi connectivity index (χ1v) is 7.82. The quantitative estimate of drug-likeness (QED) is 0.723. The molecule has 4 heteroatoms. The molecule has 21 heavy (non-hydrogen) atoms. The number of aliphatic hydroxyl groups is 1. The number of hydrogen-bond acceptors (Lipinski definition) is 3. The van der Waals surface area contributed by atoms with Crippen molar-refractivity contribution in [1.82, 2.24) is 4.90 Å². The number of hydrogen-bond donors (Lipinski definition) is 2. The Morgan fingerprint density at radius 2 is 2.10 bits per heavy atom. The minimum Gasteiger partial charge on any atom is -0.396 e. The van der Waals surface area contributed by atoms with E-state index in [9.17, 15) is 4.79 Å². The van der Waals surface area contributed by atoms with Gasteiger partial charge in [-0.2, -0.15) is 0 Å². The number of aryl methyl sites for hydroxylation is 2. The summed E-state index contributed by atoms with van der Waals surface area (Å²) in [5.74, 6) is 0.0552. The van der Waals surface area contributed by atoms with Crippen LogP contribution in [-0.4, -0.2) is 41.7 Å². The van der Waals surface area contributed by atoms with E-state index in [1.807, 2.05) is 26.0 Å². The van der Waals surface area contributed by atoms with E-state index in [-0.39, 0.29) is 12.5 Å². The van der Waals surface area contributed by atoms with Crippen LogP contribution in [0.15, 0.2) is 18.2 Å². The van der Waals surface area contributed by atoms with E-state index in [2.05, 4.69) is 16.3 Å². The average Bonchev–Trinajstić information content (AvgIpc) is 3.26. The van der Waals surface area contributed by atoms with Crippen molar-refractivity contribution in [3.05, 3.63) is 29.3 Å². The van der Waals surface area contributed by atoms with Crippen LogP contribution in [0.3, 0.4) is 0 Å². The van der Waals surface area contributed by atoms with Gasteiger partial charge in [-0.3, -0.25) is 9.69 Å². The first kappa shape index (κ1) is 16.0. The standard InChI is InChI=1S/C17H26N2O2/c1-13-5-6-14(2)16(11-13)18-17(21)12-19(15-7-8-15)9-3-4-10-20/h5-6,11,15,20H,3-4,7-10,12H2,1-2H3,(H,18,21). The van der Waals surface area contributed by atoms with E-state index < -0.39 is 0 Å². The van der Waals surface area contributed by atoms with Crippen LogP contribution >= 0.6 is 0 Å². The second-order valence-electron chi connectivity index (χ2n) is 6.00. The molecule has 116 valence electrons. The van der Waals surface area contributed by atoms with Gasteiger partial charge in [0, 0.05) is 18.3 Å². The predicted octanol–water partition coefficient (Wildman–Crippen LogP) is 2.48. The molecule has 0 spiro atoms. The third-order valence-corrected chi connectivity index (χ3v) is 3.93. The van der Waals surface area contributed by atoms with Crippen LogP contribution in [0, 0.1) is 13.8 Å². The van der Waals surface area contributed by atoms with Gasteiger partial charge in [-0.05, 0) is 63.3 Å². The highest BCUT2D eigenvalue weighted by Gasteiger charge is 2.29. The molecule has 1 saturated carbocycles. The Balaban J connectivity index is 1.88. The number of unbranched alkanes of at least 4 members (excludes halogenated alkanes) is 1. The number of carbonyl (C=O) groups is 1. The lowest BCUT2D eigenvalue weighted by Gasteiger charge is -2.21. The van der Waals surface area contributed by atoms with Crippen molar-refractivity contribution in [3.8, 4) is 0 Å². The van der Waals surface area contributed by atoms with Gasteiger partial charge < -0.3 is 10.4 Å². The van der Waals surface area contributed by atoms with Crippen LogP contribution in [0.2, 0.25) is 0 Å². The second kappa shape index (κ2) is 7.57. The Hall–Kier alpha value is -1.39. The molecule has 0 atom stereocenters. The lowest BCUT2D eigenvalue weighted by atomic mass is 10.1. The van der Waals surface area contributed by atoms with Crippen molar-refractivity contribution in [1.29, 1.82) is 0 Å². The highest BCUT2D eigenvalue weighted by Crippen LogP contribution is 2.27. The smallest absolute Gasteiger partial charge is 0.238 e. The molecule has 1 amide bonds. The molecule has 4 nitrogen and oxygen atoms in total. The number of nitrogens with zero attached hydrogens (tertiary/aromatic N) is 1. The van der Waals surface area contributed by atoms with Gasteiger partial charge >= 0.3 is 0 Å². The average molecular weight is 290 g/mol. The predicted molar refractivity (Wildman–Crippen MR) is 85.5 cm³/mol. The lowest BCUT2D eigenvalue weighted by Crippen LogP contribution is -2.35. The fraction of sp³-hybridized carbons (Fsp3) is 0.588. The van der Waals surface area contributed by atoms with Crippen LogP contribution < -0.4 is 5.32 Å². The Bertz CT molecular complexity index is 484. The number of benzene rings is 1. The van der Waals surface area contributed by atoms with Crippen LogP contribution in [0.4, 0.5) is 5.69 Å². The second-order valence-corrected chi connectivity index (χ2v) is 6.00. The van der Waals surface area contributed by atoms with Gasteiger partial charge in [0.2, 0.25) is 5.91 Å². The molecule has 0 aromatic heterocycles. The number of rotatable bonds is 8. The third kappa shape index (κ3) is 5.14. The van der Waals surface area contributed by atoms with Crippen molar-refractivity contribution in [2.24, 2.45) is 0 Å². The topological polar surface area (TPSA) is 52.6 Å². The van der Waals surface area contributed by atoms with Gasteiger partial charge in [-0.25, -0.2) is 0 Å². The number of carbonyl (C=O) groups excluding carboxylic acids is 1. The SMILES string of the molecule is Cc1ccc(C)c(NC(=O)CN(CCCCO)C2CC2)c1. The Kier molecular flexibility index (Phi) is 5.76.